The van der Waals surface area contributed by atoms with Crippen LogP contribution in [0.1, 0.15) is 33.6 Å². The second kappa shape index (κ2) is 7.56. The molecule has 0 aromatic rings. The standard InChI is InChI=1S/C10H24N2/c1-5-6-8-12(10(2)3)9-7-11-4/h10-11H,5-9H2,1-4H3. The Balaban J connectivity index is 3.55. The maximum absolute atomic E-state index is 3.19. The topological polar surface area (TPSA) is 15.3 Å². The smallest absolute Gasteiger partial charge is 0.0109 e. The van der Waals surface area contributed by atoms with Crippen LogP contribution in [0, 0.1) is 0 Å². The first-order chi connectivity index (χ1) is 5.72. The van der Waals surface area contributed by atoms with Gasteiger partial charge in [-0.2, -0.15) is 0 Å². The van der Waals surface area contributed by atoms with Gasteiger partial charge in [0, 0.05) is 19.1 Å². The minimum Gasteiger partial charge on any atom is -0.318 e. The maximum atomic E-state index is 3.19. The van der Waals surface area contributed by atoms with Gasteiger partial charge in [0.05, 0.1) is 0 Å². The Morgan fingerprint density at radius 1 is 1.25 bits per heavy atom. The number of likely N-dealkylation sites (N-methyl/N-ethyl adjacent to an activating group) is 1. The van der Waals surface area contributed by atoms with Gasteiger partial charge in [0.25, 0.3) is 0 Å². The molecule has 0 rings (SSSR count). The van der Waals surface area contributed by atoms with Gasteiger partial charge >= 0.3 is 0 Å². The highest BCUT2D eigenvalue weighted by Crippen LogP contribution is 2.00. The first-order valence-corrected chi connectivity index (χ1v) is 5.11. The molecule has 0 aliphatic carbocycles. The molecule has 0 spiro atoms. The van der Waals surface area contributed by atoms with Crippen molar-refractivity contribution in [3.05, 3.63) is 0 Å². The average Bonchev–Trinajstić information content (AvgIpc) is 2.04. The number of nitrogens with zero attached hydrogens (tertiary/aromatic N) is 1. The molecule has 0 saturated carbocycles. The van der Waals surface area contributed by atoms with Gasteiger partial charge in [0.15, 0.2) is 0 Å². The molecule has 0 atom stereocenters. The lowest BCUT2D eigenvalue weighted by atomic mass is 10.2. The Kier molecular flexibility index (Phi) is 7.51. The molecule has 0 unspecified atom stereocenters. The predicted octanol–water partition coefficient (Wildman–Crippen LogP) is 1.72. The van der Waals surface area contributed by atoms with Crippen LogP contribution >= 0.6 is 0 Å². The van der Waals surface area contributed by atoms with E-state index in [9.17, 15) is 0 Å². The number of nitrogens with one attached hydrogen (secondary N) is 1. The first-order valence-electron chi connectivity index (χ1n) is 5.11. The lowest BCUT2D eigenvalue weighted by Crippen LogP contribution is -2.36. The molecular formula is C10H24N2. The largest absolute Gasteiger partial charge is 0.318 e. The minimum absolute atomic E-state index is 0.685. The second-order valence-electron chi connectivity index (χ2n) is 3.59. The third-order valence-corrected chi connectivity index (χ3v) is 2.18. The van der Waals surface area contributed by atoms with E-state index >= 15 is 0 Å². The summed E-state index contributed by atoms with van der Waals surface area (Å²) in [5.74, 6) is 0. The van der Waals surface area contributed by atoms with Crippen molar-refractivity contribution in [2.24, 2.45) is 0 Å². The van der Waals surface area contributed by atoms with Crippen LogP contribution in [0.15, 0.2) is 0 Å². The Bertz CT molecular complexity index is 83.8. The quantitative estimate of drug-likeness (QED) is 0.629. The Labute approximate surface area is 77.3 Å². The summed E-state index contributed by atoms with van der Waals surface area (Å²) in [4.78, 5) is 2.53. The maximum Gasteiger partial charge on any atom is 0.0109 e. The van der Waals surface area contributed by atoms with Crippen LogP contribution < -0.4 is 5.32 Å². The van der Waals surface area contributed by atoms with E-state index < -0.39 is 0 Å². The van der Waals surface area contributed by atoms with E-state index in [0.717, 1.165) is 6.54 Å². The fourth-order valence-corrected chi connectivity index (χ4v) is 1.24. The predicted molar refractivity (Wildman–Crippen MR) is 55.5 cm³/mol. The molecule has 0 fully saturated rings. The van der Waals surface area contributed by atoms with Gasteiger partial charge in [0.1, 0.15) is 0 Å². The molecule has 0 amide bonds. The third-order valence-electron chi connectivity index (χ3n) is 2.18. The molecule has 0 aliphatic rings. The zero-order valence-electron chi connectivity index (χ0n) is 9.06. The molecule has 2 heteroatoms. The lowest BCUT2D eigenvalue weighted by Gasteiger charge is -2.25. The molecule has 0 aliphatic heterocycles. The Hall–Kier alpha value is -0.0800. The zero-order chi connectivity index (χ0) is 9.40. The van der Waals surface area contributed by atoms with E-state index in [2.05, 4.69) is 31.0 Å². The van der Waals surface area contributed by atoms with Crippen molar-refractivity contribution >= 4 is 0 Å². The molecule has 74 valence electrons. The van der Waals surface area contributed by atoms with Crippen molar-refractivity contribution in [1.29, 1.82) is 0 Å². The molecule has 1 N–H and O–H groups in total. The van der Waals surface area contributed by atoms with E-state index in [0.29, 0.717) is 6.04 Å². The van der Waals surface area contributed by atoms with Crippen LogP contribution in [-0.4, -0.2) is 37.6 Å². The molecule has 2 nitrogen and oxygen atoms in total. The molecule has 0 aromatic heterocycles. The third kappa shape index (κ3) is 5.56. The van der Waals surface area contributed by atoms with E-state index in [-0.39, 0.29) is 0 Å². The van der Waals surface area contributed by atoms with Crippen molar-refractivity contribution in [3.63, 3.8) is 0 Å². The number of unbranched alkanes of at least 4 members (excludes halogenated alkanes) is 1. The summed E-state index contributed by atoms with van der Waals surface area (Å²) in [6.07, 6.45) is 2.62. The summed E-state index contributed by atoms with van der Waals surface area (Å²) in [6, 6.07) is 0.685. The molecule has 0 heterocycles. The highest BCUT2D eigenvalue weighted by atomic mass is 15.2. The van der Waals surface area contributed by atoms with Crippen molar-refractivity contribution in [3.8, 4) is 0 Å². The van der Waals surface area contributed by atoms with E-state index in [1.54, 1.807) is 0 Å². The SMILES string of the molecule is CCCCN(CCNC)C(C)C. The van der Waals surface area contributed by atoms with Crippen molar-refractivity contribution in [2.45, 2.75) is 39.7 Å². The summed E-state index contributed by atoms with van der Waals surface area (Å²) in [5.41, 5.74) is 0. The average molecular weight is 172 g/mol. The molecule has 0 saturated heterocycles. The lowest BCUT2D eigenvalue weighted by molar-refractivity contribution is 0.220. The Morgan fingerprint density at radius 2 is 1.92 bits per heavy atom. The van der Waals surface area contributed by atoms with E-state index in [1.807, 2.05) is 7.05 Å². The van der Waals surface area contributed by atoms with Crippen LogP contribution in [-0.2, 0) is 0 Å². The van der Waals surface area contributed by atoms with Gasteiger partial charge in [-0.25, -0.2) is 0 Å². The summed E-state index contributed by atoms with van der Waals surface area (Å²) < 4.78 is 0. The minimum atomic E-state index is 0.685. The van der Waals surface area contributed by atoms with E-state index in [1.165, 1.54) is 25.9 Å². The highest BCUT2D eigenvalue weighted by molar-refractivity contribution is 4.63. The van der Waals surface area contributed by atoms with Crippen LogP contribution in [0.25, 0.3) is 0 Å². The van der Waals surface area contributed by atoms with Gasteiger partial charge in [-0.3, -0.25) is 4.90 Å². The van der Waals surface area contributed by atoms with Gasteiger partial charge in [-0.1, -0.05) is 13.3 Å². The van der Waals surface area contributed by atoms with Crippen molar-refractivity contribution in [1.82, 2.24) is 10.2 Å². The summed E-state index contributed by atoms with van der Waals surface area (Å²) >= 11 is 0. The molecule has 12 heavy (non-hydrogen) atoms. The highest BCUT2D eigenvalue weighted by Gasteiger charge is 2.06. The van der Waals surface area contributed by atoms with Gasteiger partial charge in [0.2, 0.25) is 0 Å². The van der Waals surface area contributed by atoms with Crippen molar-refractivity contribution in [2.75, 3.05) is 26.7 Å². The Morgan fingerprint density at radius 3 is 2.33 bits per heavy atom. The van der Waals surface area contributed by atoms with E-state index in [4.69, 9.17) is 0 Å². The summed E-state index contributed by atoms with van der Waals surface area (Å²) in [5, 5.41) is 3.19. The van der Waals surface area contributed by atoms with Gasteiger partial charge in [-0.15, -0.1) is 0 Å². The molecule has 0 aromatic carbocycles. The van der Waals surface area contributed by atoms with Crippen LogP contribution in [0.2, 0.25) is 0 Å². The van der Waals surface area contributed by atoms with Crippen molar-refractivity contribution < 1.29 is 0 Å². The fourth-order valence-electron chi connectivity index (χ4n) is 1.24. The second-order valence-corrected chi connectivity index (χ2v) is 3.59. The van der Waals surface area contributed by atoms with Gasteiger partial charge in [-0.05, 0) is 33.9 Å². The normalized spacial score (nSPS) is 11.5. The van der Waals surface area contributed by atoms with Crippen LogP contribution in [0.3, 0.4) is 0 Å². The summed E-state index contributed by atoms with van der Waals surface area (Å²) in [7, 11) is 2.01. The van der Waals surface area contributed by atoms with Crippen LogP contribution in [0.4, 0.5) is 0 Å². The molecule has 0 radical (unpaired) electrons. The molecular weight excluding hydrogens is 148 g/mol. The number of hydrogen-bond acceptors (Lipinski definition) is 2. The number of hydrogen-bond donors (Lipinski definition) is 1. The van der Waals surface area contributed by atoms with Crippen LogP contribution in [0.5, 0.6) is 0 Å². The molecule has 0 bridgehead atoms. The number of rotatable bonds is 7. The first kappa shape index (κ1) is 11.9. The monoisotopic (exact) mass is 172 g/mol. The van der Waals surface area contributed by atoms with Gasteiger partial charge < -0.3 is 5.32 Å². The zero-order valence-corrected chi connectivity index (χ0v) is 9.06. The summed E-state index contributed by atoms with van der Waals surface area (Å²) in [6.45, 7) is 10.3. The fraction of sp³-hybridized carbons (Fsp3) is 1.00.